The molecular weight excluding hydrogens is 316 g/mol. The van der Waals surface area contributed by atoms with Crippen LogP contribution >= 0.6 is 0 Å². The molecule has 0 unspecified atom stereocenters. The van der Waals surface area contributed by atoms with Crippen LogP contribution in [0.5, 0.6) is 0 Å². The zero-order valence-electron chi connectivity index (χ0n) is 16.4. The summed E-state index contributed by atoms with van der Waals surface area (Å²) in [5, 5.41) is 12.6. The van der Waals surface area contributed by atoms with E-state index in [0.29, 0.717) is 12.3 Å². The van der Waals surface area contributed by atoms with Gasteiger partial charge in [-0.3, -0.25) is 4.90 Å². The zero-order valence-corrected chi connectivity index (χ0v) is 16.4. The van der Waals surface area contributed by atoms with Crippen LogP contribution in [-0.2, 0) is 16.6 Å². The fourth-order valence-electron chi connectivity index (χ4n) is 3.23. The van der Waals surface area contributed by atoms with Crippen LogP contribution in [0.2, 0.25) is 0 Å². The fourth-order valence-corrected chi connectivity index (χ4v) is 3.23. The smallest absolute Gasteiger partial charge is 0.414 e. The van der Waals surface area contributed by atoms with Gasteiger partial charge in [0.05, 0.1) is 11.4 Å². The number of oxime groups is 1. The predicted molar refractivity (Wildman–Crippen MR) is 101 cm³/mol. The summed E-state index contributed by atoms with van der Waals surface area (Å²) in [5.41, 5.74) is 3.95. The van der Waals surface area contributed by atoms with E-state index in [1.54, 1.807) is 11.8 Å². The van der Waals surface area contributed by atoms with Crippen LogP contribution in [0.1, 0.15) is 71.6 Å². The lowest BCUT2D eigenvalue weighted by Gasteiger charge is -2.40. The van der Waals surface area contributed by atoms with Crippen molar-refractivity contribution in [1.29, 1.82) is 0 Å². The Labute approximate surface area is 150 Å². The molecule has 0 aliphatic carbocycles. The molecule has 0 saturated carbocycles. The van der Waals surface area contributed by atoms with Gasteiger partial charge in [0.1, 0.15) is 5.60 Å². The summed E-state index contributed by atoms with van der Waals surface area (Å²) < 4.78 is 5.59. The standard InChI is InChI=1S/C20H30N2O3/c1-8-14-11-16-17(12-15(14)13(2)21-24)22(10-9-20(16,6)7)18(23)25-19(3,4)5/h11-12,24H,8-10H2,1-7H3/b21-13+. The zero-order chi connectivity index (χ0) is 19.0. The monoisotopic (exact) mass is 346 g/mol. The average molecular weight is 346 g/mol. The van der Waals surface area contributed by atoms with Crippen molar-refractivity contribution in [2.75, 3.05) is 11.4 Å². The molecule has 0 atom stereocenters. The van der Waals surface area contributed by atoms with Crippen molar-refractivity contribution in [3.05, 3.63) is 28.8 Å². The molecule has 1 aliphatic heterocycles. The Morgan fingerprint density at radius 3 is 2.52 bits per heavy atom. The number of amides is 1. The number of nitrogens with zero attached hydrogens (tertiary/aromatic N) is 2. The quantitative estimate of drug-likeness (QED) is 0.472. The summed E-state index contributed by atoms with van der Waals surface area (Å²) in [4.78, 5) is 14.4. The summed E-state index contributed by atoms with van der Waals surface area (Å²) in [5.74, 6) is 0. The van der Waals surface area contributed by atoms with Gasteiger partial charge in [0.2, 0.25) is 0 Å². The topological polar surface area (TPSA) is 62.1 Å². The molecule has 1 amide bonds. The van der Waals surface area contributed by atoms with Crippen LogP contribution in [0, 0.1) is 0 Å². The molecule has 5 nitrogen and oxygen atoms in total. The Bertz CT molecular complexity index is 700. The predicted octanol–water partition coefficient (Wildman–Crippen LogP) is 4.87. The molecule has 1 heterocycles. The number of aryl methyl sites for hydroxylation is 1. The molecule has 1 aliphatic rings. The number of rotatable bonds is 2. The van der Waals surface area contributed by atoms with Crippen LogP contribution in [0.25, 0.3) is 0 Å². The number of anilines is 1. The van der Waals surface area contributed by atoms with E-state index in [4.69, 9.17) is 4.74 Å². The Morgan fingerprint density at radius 2 is 2.00 bits per heavy atom. The van der Waals surface area contributed by atoms with Crippen molar-refractivity contribution >= 4 is 17.5 Å². The molecule has 1 aromatic rings. The number of fused-ring (bicyclic) bond motifs is 1. The second-order valence-electron chi connectivity index (χ2n) is 8.33. The number of hydrogen-bond donors (Lipinski definition) is 1. The van der Waals surface area contributed by atoms with Crippen molar-refractivity contribution in [3.8, 4) is 0 Å². The fraction of sp³-hybridized carbons (Fsp3) is 0.600. The summed E-state index contributed by atoms with van der Waals surface area (Å²) in [7, 11) is 0. The molecule has 5 heteroatoms. The molecule has 25 heavy (non-hydrogen) atoms. The first-order chi connectivity index (χ1) is 11.5. The normalized spacial score (nSPS) is 17.2. The minimum atomic E-state index is -0.543. The third kappa shape index (κ3) is 3.97. The van der Waals surface area contributed by atoms with Gasteiger partial charge >= 0.3 is 6.09 Å². The van der Waals surface area contributed by atoms with E-state index in [2.05, 4.69) is 32.0 Å². The van der Waals surface area contributed by atoms with Gasteiger partial charge < -0.3 is 9.94 Å². The minimum absolute atomic E-state index is 0.0272. The third-order valence-electron chi connectivity index (χ3n) is 4.74. The average Bonchev–Trinajstić information content (AvgIpc) is 2.51. The first-order valence-electron chi connectivity index (χ1n) is 8.87. The van der Waals surface area contributed by atoms with Gasteiger partial charge in [-0.1, -0.05) is 32.0 Å². The maximum Gasteiger partial charge on any atom is 0.414 e. The molecular formula is C20H30N2O3. The van der Waals surface area contributed by atoms with Gasteiger partial charge in [0.15, 0.2) is 0 Å². The lowest BCUT2D eigenvalue weighted by Crippen LogP contribution is -2.43. The number of benzene rings is 1. The number of carbonyl (C=O) groups is 1. The highest BCUT2D eigenvalue weighted by molar-refractivity contribution is 6.02. The van der Waals surface area contributed by atoms with Crippen molar-refractivity contribution in [1.82, 2.24) is 0 Å². The van der Waals surface area contributed by atoms with Crippen LogP contribution < -0.4 is 4.90 Å². The SMILES string of the molecule is CCc1cc2c(cc1/C(C)=N/O)N(C(=O)OC(C)(C)C)CCC2(C)C. The van der Waals surface area contributed by atoms with Crippen LogP contribution in [-0.4, -0.2) is 29.2 Å². The van der Waals surface area contributed by atoms with E-state index in [1.807, 2.05) is 26.8 Å². The van der Waals surface area contributed by atoms with Gasteiger partial charge in [-0.25, -0.2) is 4.79 Å². The molecule has 1 aromatic carbocycles. The van der Waals surface area contributed by atoms with Crippen molar-refractivity contribution < 1.29 is 14.7 Å². The molecule has 0 aromatic heterocycles. The molecule has 0 radical (unpaired) electrons. The molecule has 0 fully saturated rings. The summed E-state index contributed by atoms with van der Waals surface area (Å²) in [6, 6.07) is 4.12. The van der Waals surface area contributed by atoms with E-state index in [-0.39, 0.29) is 11.5 Å². The highest BCUT2D eigenvalue weighted by Crippen LogP contribution is 2.42. The van der Waals surface area contributed by atoms with E-state index in [9.17, 15) is 10.0 Å². The van der Waals surface area contributed by atoms with E-state index < -0.39 is 5.60 Å². The lowest BCUT2D eigenvalue weighted by atomic mass is 9.76. The van der Waals surface area contributed by atoms with Gasteiger partial charge in [-0.15, -0.1) is 0 Å². The summed E-state index contributed by atoms with van der Waals surface area (Å²) in [6.07, 6.45) is 1.37. The third-order valence-corrected chi connectivity index (χ3v) is 4.74. The molecule has 0 saturated heterocycles. The van der Waals surface area contributed by atoms with Gasteiger partial charge in [0.25, 0.3) is 0 Å². The lowest BCUT2D eigenvalue weighted by molar-refractivity contribution is 0.0574. The molecule has 2 rings (SSSR count). The largest absolute Gasteiger partial charge is 0.443 e. The Hall–Kier alpha value is -2.04. The highest BCUT2D eigenvalue weighted by atomic mass is 16.6. The van der Waals surface area contributed by atoms with E-state index >= 15 is 0 Å². The molecule has 1 N–H and O–H groups in total. The van der Waals surface area contributed by atoms with E-state index in [0.717, 1.165) is 35.2 Å². The minimum Gasteiger partial charge on any atom is -0.443 e. The van der Waals surface area contributed by atoms with Crippen molar-refractivity contribution in [3.63, 3.8) is 0 Å². The molecule has 138 valence electrons. The van der Waals surface area contributed by atoms with Crippen LogP contribution in [0.4, 0.5) is 10.5 Å². The van der Waals surface area contributed by atoms with Crippen molar-refractivity contribution in [2.24, 2.45) is 5.16 Å². The van der Waals surface area contributed by atoms with Gasteiger partial charge in [-0.2, -0.15) is 0 Å². The molecule has 0 spiro atoms. The van der Waals surface area contributed by atoms with E-state index in [1.165, 1.54) is 0 Å². The highest BCUT2D eigenvalue weighted by Gasteiger charge is 2.36. The number of ether oxygens (including phenoxy) is 1. The Morgan fingerprint density at radius 1 is 1.36 bits per heavy atom. The Kier molecular flexibility index (Phi) is 5.17. The maximum absolute atomic E-state index is 12.7. The van der Waals surface area contributed by atoms with Crippen molar-refractivity contribution in [2.45, 2.75) is 72.3 Å². The van der Waals surface area contributed by atoms with Gasteiger partial charge in [-0.05, 0) is 63.1 Å². The first kappa shape index (κ1) is 19.3. The summed E-state index contributed by atoms with van der Waals surface area (Å²) in [6.45, 7) is 14.5. The maximum atomic E-state index is 12.7. The van der Waals surface area contributed by atoms with Crippen LogP contribution in [0.15, 0.2) is 17.3 Å². The van der Waals surface area contributed by atoms with Crippen LogP contribution in [0.3, 0.4) is 0 Å². The summed E-state index contributed by atoms with van der Waals surface area (Å²) >= 11 is 0. The number of carbonyl (C=O) groups excluding carboxylic acids is 1. The second kappa shape index (κ2) is 6.70. The first-order valence-corrected chi connectivity index (χ1v) is 8.87. The van der Waals surface area contributed by atoms with Gasteiger partial charge in [0, 0.05) is 12.1 Å². The Balaban J connectivity index is 2.60. The number of hydrogen-bond acceptors (Lipinski definition) is 4. The molecule has 0 bridgehead atoms. The second-order valence-corrected chi connectivity index (χ2v) is 8.33.